The lowest BCUT2D eigenvalue weighted by molar-refractivity contribution is 0.315. The molecule has 20 heavy (non-hydrogen) atoms. The lowest BCUT2D eigenvalue weighted by atomic mass is 10.1. The second-order valence-electron chi connectivity index (χ2n) is 4.88. The van der Waals surface area contributed by atoms with Gasteiger partial charge in [0, 0.05) is 30.6 Å². The van der Waals surface area contributed by atoms with Crippen molar-refractivity contribution in [1.82, 2.24) is 9.88 Å². The molecule has 1 heterocycles. The minimum absolute atomic E-state index is 0.492. The molecule has 0 amide bonds. The summed E-state index contributed by atoms with van der Waals surface area (Å²) in [7, 11) is 3.77. The van der Waals surface area contributed by atoms with Crippen molar-refractivity contribution >= 4 is 11.3 Å². The van der Waals surface area contributed by atoms with Gasteiger partial charge in [0.05, 0.1) is 17.8 Å². The standard InChI is InChI=1S/C15H21N3OS/c1-11-17-14(10-20-11)9-18(2)8-12-4-5-15(19-3)13(6-12)7-16/h4-6,10H,7-9,16H2,1-3H3. The number of aryl methyl sites for hydroxylation is 1. The second-order valence-corrected chi connectivity index (χ2v) is 5.94. The van der Waals surface area contributed by atoms with Crippen LogP contribution >= 0.6 is 11.3 Å². The van der Waals surface area contributed by atoms with E-state index < -0.39 is 0 Å². The van der Waals surface area contributed by atoms with Crippen LogP contribution in [0.5, 0.6) is 5.75 Å². The fourth-order valence-electron chi connectivity index (χ4n) is 2.21. The van der Waals surface area contributed by atoms with Gasteiger partial charge in [-0.15, -0.1) is 11.3 Å². The van der Waals surface area contributed by atoms with Crippen molar-refractivity contribution in [2.45, 2.75) is 26.6 Å². The smallest absolute Gasteiger partial charge is 0.123 e. The van der Waals surface area contributed by atoms with Crippen LogP contribution in [0.15, 0.2) is 23.6 Å². The summed E-state index contributed by atoms with van der Waals surface area (Å²) in [5.41, 5.74) is 9.16. The minimum atomic E-state index is 0.492. The molecule has 0 spiro atoms. The van der Waals surface area contributed by atoms with Crippen LogP contribution in [0, 0.1) is 6.92 Å². The SMILES string of the molecule is COc1ccc(CN(C)Cc2csc(C)n2)cc1CN. The Morgan fingerprint density at radius 3 is 2.75 bits per heavy atom. The van der Waals surface area contributed by atoms with Gasteiger partial charge >= 0.3 is 0 Å². The Labute approximate surface area is 124 Å². The highest BCUT2D eigenvalue weighted by Crippen LogP contribution is 2.20. The van der Waals surface area contributed by atoms with Gasteiger partial charge in [-0.05, 0) is 31.7 Å². The van der Waals surface area contributed by atoms with Crippen molar-refractivity contribution in [2.24, 2.45) is 5.73 Å². The van der Waals surface area contributed by atoms with Crippen LogP contribution in [0.1, 0.15) is 21.8 Å². The molecule has 0 aliphatic carbocycles. The molecule has 1 aromatic heterocycles. The van der Waals surface area contributed by atoms with Crippen LogP contribution < -0.4 is 10.5 Å². The molecular weight excluding hydrogens is 270 g/mol. The molecule has 0 unspecified atom stereocenters. The van der Waals surface area contributed by atoms with Crippen molar-refractivity contribution in [3.05, 3.63) is 45.4 Å². The van der Waals surface area contributed by atoms with Gasteiger partial charge in [-0.2, -0.15) is 0 Å². The summed E-state index contributed by atoms with van der Waals surface area (Å²) in [5.74, 6) is 0.856. The maximum absolute atomic E-state index is 5.75. The van der Waals surface area contributed by atoms with E-state index in [0.29, 0.717) is 6.54 Å². The molecule has 0 fully saturated rings. The molecule has 0 saturated heterocycles. The van der Waals surface area contributed by atoms with E-state index in [1.807, 2.05) is 13.0 Å². The molecule has 1 aromatic carbocycles. The third-order valence-electron chi connectivity index (χ3n) is 3.12. The van der Waals surface area contributed by atoms with Crippen LogP contribution in [-0.4, -0.2) is 24.0 Å². The van der Waals surface area contributed by atoms with E-state index in [1.54, 1.807) is 18.4 Å². The van der Waals surface area contributed by atoms with Crippen molar-refractivity contribution in [2.75, 3.05) is 14.2 Å². The number of nitrogens with zero attached hydrogens (tertiary/aromatic N) is 2. The molecule has 0 radical (unpaired) electrons. The highest BCUT2D eigenvalue weighted by molar-refractivity contribution is 7.09. The highest BCUT2D eigenvalue weighted by Gasteiger charge is 2.07. The van der Waals surface area contributed by atoms with E-state index in [1.165, 1.54) is 5.56 Å². The van der Waals surface area contributed by atoms with Gasteiger partial charge in [0.25, 0.3) is 0 Å². The molecule has 108 valence electrons. The van der Waals surface area contributed by atoms with Gasteiger partial charge in [-0.1, -0.05) is 6.07 Å². The zero-order valence-electron chi connectivity index (χ0n) is 12.2. The number of ether oxygens (including phenoxy) is 1. The molecule has 2 N–H and O–H groups in total. The van der Waals surface area contributed by atoms with Gasteiger partial charge in [0.2, 0.25) is 0 Å². The Kier molecular flexibility index (Phi) is 5.11. The van der Waals surface area contributed by atoms with E-state index in [0.717, 1.165) is 35.1 Å². The Balaban J connectivity index is 2.02. The summed E-state index contributed by atoms with van der Waals surface area (Å²) in [4.78, 5) is 6.74. The van der Waals surface area contributed by atoms with E-state index >= 15 is 0 Å². The zero-order valence-corrected chi connectivity index (χ0v) is 13.0. The number of hydrogen-bond donors (Lipinski definition) is 1. The van der Waals surface area contributed by atoms with Crippen LogP contribution in [0.2, 0.25) is 0 Å². The van der Waals surface area contributed by atoms with Gasteiger partial charge in [-0.3, -0.25) is 4.90 Å². The first kappa shape index (κ1) is 15.0. The summed E-state index contributed by atoms with van der Waals surface area (Å²) >= 11 is 1.69. The number of hydrogen-bond acceptors (Lipinski definition) is 5. The van der Waals surface area contributed by atoms with Gasteiger partial charge in [0.1, 0.15) is 5.75 Å². The zero-order chi connectivity index (χ0) is 14.5. The molecular formula is C15H21N3OS. The predicted molar refractivity (Wildman–Crippen MR) is 82.9 cm³/mol. The first-order valence-corrected chi connectivity index (χ1v) is 7.45. The monoisotopic (exact) mass is 291 g/mol. The Morgan fingerprint density at radius 2 is 2.15 bits per heavy atom. The lowest BCUT2D eigenvalue weighted by Gasteiger charge is -2.16. The van der Waals surface area contributed by atoms with Gasteiger partial charge in [-0.25, -0.2) is 4.98 Å². The topological polar surface area (TPSA) is 51.4 Å². The molecule has 0 aliphatic heterocycles. The largest absolute Gasteiger partial charge is 0.496 e. The molecule has 5 heteroatoms. The maximum Gasteiger partial charge on any atom is 0.123 e. The summed E-state index contributed by atoms with van der Waals surface area (Å²) in [6.45, 7) is 4.25. The number of rotatable bonds is 6. The molecule has 4 nitrogen and oxygen atoms in total. The molecule has 2 rings (SSSR count). The third-order valence-corrected chi connectivity index (χ3v) is 3.94. The van der Waals surface area contributed by atoms with Gasteiger partial charge < -0.3 is 10.5 Å². The van der Waals surface area contributed by atoms with E-state index in [4.69, 9.17) is 10.5 Å². The number of benzene rings is 1. The number of nitrogens with two attached hydrogens (primary N) is 1. The Morgan fingerprint density at radius 1 is 1.35 bits per heavy atom. The normalized spacial score (nSPS) is 11.1. The summed E-state index contributed by atoms with van der Waals surface area (Å²) in [6, 6.07) is 6.18. The number of thiazole rings is 1. The van der Waals surface area contributed by atoms with Crippen LogP contribution in [0.3, 0.4) is 0 Å². The Hall–Kier alpha value is -1.43. The van der Waals surface area contributed by atoms with Crippen molar-refractivity contribution in [3.63, 3.8) is 0 Å². The summed E-state index contributed by atoms with van der Waals surface area (Å²) < 4.78 is 5.29. The van der Waals surface area contributed by atoms with E-state index in [-0.39, 0.29) is 0 Å². The minimum Gasteiger partial charge on any atom is -0.496 e. The van der Waals surface area contributed by atoms with Crippen LogP contribution in [-0.2, 0) is 19.6 Å². The molecule has 0 bridgehead atoms. The molecule has 0 saturated carbocycles. The first-order valence-electron chi connectivity index (χ1n) is 6.57. The van der Waals surface area contributed by atoms with Crippen molar-refractivity contribution < 1.29 is 4.74 Å². The van der Waals surface area contributed by atoms with Crippen molar-refractivity contribution in [3.8, 4) is 5.75 Å². The van der Waals surface area contributed by atoms with E-state index in [2.05, 4.69) is 34.4 Å². The number of methoxy groups -OCH3 is 1. The maximum atomic E-state index is 5.75. The summed E-state index contributed by atoms with van der Waals surface area (Å²) in [5, 5.41) is 3.23. The first-order chi connectivity index (χ1) is 9.62. The fourth-order valence-corrected chi connectivity index (χ4v) is 2.82. The van der Waals surface area contributed by atoms with Crippen LogP contribution in [0.4, 0.5) is 0 Å². The summed E-state index contributed by atoms with van der Waals surface area (Å²) in [6.07, 6.45) is 0. The average molecular weight is 291 g/mol. The van der Waals surface area contributed by atoms with Crippen LogP contribution in [0.25, 0.3) is 0 Å². The average Bonchev–Trinajstić information content (AvgIpc) is 2.83. The molecule has 0 atom stereocenters. The van der Waals surface area contributed by atoms with E-state index in [9.17, 15) is 0 Å². The predicted octanol–water partition coefficient (Wildman–Crippen LogP) is 2.55. The third kappa shape index (κ3) is 3.79. The quantitative estimate of drug-likeness (QED) is 0.888. The Bertz CT molecular complexity index is 568. The van der Waals surface area contributed by atoms with Crippen molar-refractivity contribution in [1.29, 1.82) is 0 Å². The highest BCUT2D eigenvalue weighted by atomic mass is 32.1. The molecule has 0 aliphatic rings. The second kappa shape index (κ2) is 6.83. The number of aromatic nitrogens is 1. The lowest BCUT2D eigenvalue weighted by Crippen LogP contribution is -2.17. The molecule has 2 aromatic rings. The van der Waals surface area contributed by atoms with Gasteiger partial charge in [0.15, 0.2) is 0 Å². The fraction of sp³-hybridized carbons (Fsp3) is 0.400.